The number of benzene rings is 2. The number of aromatic hydroxyl groups is 1. The van der Waals surface area contributed by atoms with E-state index in [0.29, 0.717) is 6.07 Å². The lowest BCUT2D eigenvalue weighted by Gasteiger charge is -2.27. The normalized spacial score (nSPS) is 15.0. The van der Waals surface area contributed by atoms with Crippen molar-refractivity contribution in [3.8, 4) is 5.75 Å². The van der Waals surface area contributed by atoms with Crippen molar-refractivity contribution in [1.82, 2.24) is 10.2 Å². The van der Waals surface area contributed by atoms with Gasteiger partial charge < -0.3 is 10.4 Å². The molecule has 4 nitrogen and oxygen atoms in total. The van der Waals surface area contributed by atoms with Gasteiger partial charge in [-0.15, -0.1) is 0 Å². The molecule has 1 heterocycles. The third kappa shape index (κ3) is 4.38. The molecule has 0 unspecified atom stereocenters. The minimum atomic E-state index is -1.08. The highest BCUT2D eigenvalue weighted by atomic mass is 19.1. The van der Waals surface area contributed by atoms with Crippen LogP contribution in [0.15, 0.2) is 36.4 Å². The van der Waals surface area contributed by atoms with Crippen LogP contribution in [0.5, 0.6) is 5.75 Å². The van der Waals surface area contributed by atoms with Crippen LogP contribution in [0.4, 0.5) is 8.78 Å². The van der Waals surface area contributed by atoms with Crippen molar-refractivity contribution in [2.75, 3.05) is 13.1 Å². The number of rotatable bonds is 5. The summed E-state index contributed by atoms with van der Waals surface area (Å²) in [5.41, 5.74) is 1.51. The van der Waals surface area contributed by atoms with Gasteiger partial charge in [0.05, 0.1) is 0 Å². The molecule has 2 N–H and O–H groups in total. The molecule has 1 aliphatic heterocycles. The Morgan fingerprint density at radius 3 is 2.46 bits per heavy atom. The molecule has 1 fully saturated rings. The number of nitrogens with zero attached hydrogens (tertiary/aromatic N) is 1. The van der Waals surface area contributed by atoms with Gasteiger partial charge in [0.2, 0.25) is 0 Å². The van der Waals surface area contributed by atoms with Crippen molar-refractivity contribution in [1.29, 1.82) is 0 Å². The van der Waals surface area contributed by atoms with E-state index in [0.717, 1.165) is 36.8 Å². The molecule has 1 aliphatic rings. The van der Waals surface area contributed by atoms with E-state index in [1.54, 1.807) is 0 Å². The maximum absolute atomic E-state index is 13.8. The van der Waals surface area contributed by atoms with E-state index < -0.39 is 28.9 Å². The Balaban J connectivity index is 1.69. The summed E-state index contributed by atoms with van der Waals surface area (Å²) in [7, 11) is 0. The monoisotopic (exact) mass is 360 g/mol. The molecule has 0 radical (unpaired) electrons. The smallest absolute Gasteiger partial charge is 0.258 e. The first-order valence-corrected chi connectivity index (χ1v) is 8.80. The number of phenols is 1. The van der Waals surface area contributed by atoms with Gasteiger partial charge >= 0.3 is 0 Å². The van der Waals surface area contributed by atoms with E-state index in [4.69, 9.17) is 0 Å². The van der Waals surface area contributed by atoms with Gasteiger partial charge in [0, 0.05) is 25.2 Å². The molecule has 6 heteroatoms. The van der Waals surface area contributed by atoms with E-state index in [1.807, 2.05) is 24.3 Å². The maximum Gasteiger partial charge on any atom is 0.258 e. The van der Waals surface area contributed by atoms with Crippen molar-refractivity contribution < 1.29 is 18.7 Å². The highest BCUT2D eigenvalue weighted by molar-refractivity contribution is 5.97. The van der Waals surface area contributed by atoms with Crippen molar-refractivity contribution in [3.63, 3.8) is 0 Å². The molecule has 3 rings (SSSR count). The zero-order chi connectivity index (χ0) is 18.5. The molecule has 0 atom stereocenters. The number of carbonyl (C=O) groups is 1. The average Bonchev–Trinajstić information content (AvgIpc) is 2.61. The minimum Gasteiger partial charge on any atom is -0.507 e. The SMILES string of the molecule is O=C(NCc1ccccc1CN1CCCCC1)c1c(O)cc(F)cc1F. The van der Waals surface area contributed by atoms with Crippen LogP contribution in [0.3, 0.4) is 0 Å². The Morgan fingerprint density at radius 1 is 1.08 bits per heavy atom. The van der Waals surface area contributed by atoms with Crippen molar-refractivity contribution in [2.24, 2.45) is 0 Å². The van der Waals surface area contributed by atoms with Crippen LogP contribution < -0.4 is 5.32 Å². The van der Waals surface area contributed by atoms with Gasteiger partial charge in [0.15, 0.2) is 0 Å². The fraction of sp³-hybridized carbons (Fsp3) is 0.350. The molecule has 2 aromatic carbocycles. The van der Waals surface area contributed by atoms with Crippen LogP contribution in [0, 0.1) is 11.6 Å². The maximum atomic E-state index is 13.8. The number of amides is 1. The largest absolute Gasteiger partial charge is 0.507 e. The summed E-state index contributed by atoms with van der Waals surface area (Å²) in [4.78, 5) is 14.6. The van der Waals surface area contributed by atoms with Gasteiger partial charge in [-0.2, -0.15) is 0 Å². The zero-order valence-corrected chi connectivity index (χ0v) is 14.5. The molecule has 138 valence electrons. The number of hydrogen-bond acceptors (Lipinski definition) is 3. The Labute approximate surface area is 151 Å². The van der Waals surface area contributed by atoms with Crippen LogP contribution in [-0.4, -0.2) is 29.0 Å². The van der Waals surface area contributed by atoms with Crippen LogP contribution in [0.1, 0.15) is 40.7 Å². The molecule has 1 saturated heterocycles. The summed E-state index contributed by atoms with van der Waals surface area (Å²) >= 11 is 0. The summed E-state index contributed by atoms with van der Waals surface area (Å²) in [5.74, 6) is -3.49. The van der Waals surface area contributed by atoms with Crippen molar-refractivity contribution in [3.05, 3.63) is 64.7 Å². The van der Waals surface area contributed by atoms with E-state index in [9.17, 15) is 18.7 Å². The average molecular weight is 360 g/mol. The molecular weight excluding hydrogens is 338 g/mol. The van der Waals surface area contributed by atoms with Crippen LogP contribution >= 0.6 is 0 Å². The predicted molar refractivity (Wildman–Crippen MR) is 94.8 cm³/mol. The molecule has 0 spiro atoms. The summed E-state index contributed by atoms with van der Waals surface area (Å²) in [5, 5.41) is 12.3. The first kappa shape index (κ1) is 18.3. The number of piperidine rings is 1. The highest BCUT2D eigenvalue weighted by Crippen LogP contribution is 2.22. The molecule has 26 heavy (non-hydrogen) atoms. The van der Waals surface area contributed by atoms with Gasteiger partial charge in [0.25, 0.3) is 5.91 Å². The fourth-order valence-corrected chi connectivity index (χ4v) is 3.29. The lowest BCUT2D eigenvalue weighted by Crippen LogP contribution is -2.30. The molecule has 1 amide bonds. The lowest BCUT2D eigenvalue weighted by molar-refractivity contribution is 0.0943. The first-order valence-electron chi connectivity index (χ1n) is 8.80. The number of halogens is 2. The van der Waals surface area contributed by atoms with Gasteiger partial charge in [-0.25, -0.2) is 8.78 Å². The quantitative estimate of drug-likeness (QED) is 0.857. The number of carbonyl (C=O) groups excluding carboxylic acids is 1. The van der Waals surface area contributed by atoms with Gasteiger partial charge in [-0.05, 0) is 37.1 Å². The van der Waals surface area contributed by atoms with E-state index >= 15 is 0 Å². The number of likely N-dealkylation sites (tertiary alicyclic amines) is 1. The zero-order valence-electron chi connectivity index (χ0n) is 14.5. The molecule has 0 aliphatic carbocycles. The Bertz CT molecular complexity index is 766. The second kappa shape index (κ2) is 8.27. The van der Waals surface area contributed by atoms with Crippen LogP contribution in [0.2, 0.25) is 0 Å². The van der Waals surface area contributed by atoms with Crippen LogP contribution in [0.25, 0.3) is 0 Å². The summed E-state index contributed by atoms with van der Waals surface area (Å²) in [6.45, 7) is 3.14. The minimum absolute atomic E-state index is 0.207. The fourth-order valence-electron chi connectivity index (χ4n) is 3.29. The lowest BCUT2D eigenvalue weighted by atomic mass is 10.0. The van der Waals surface area contributed by atoms with Gasteiger partial charge in [-0.1, -0.05) is 30.7 Å². The summed E-state index contributed by atoms with van der Waals surface area (Å²) in [6, 6.07) is 9.08. The van der Waals surface area contributed by atoms with Gasteiger partial charge in [0.1, 0.15) is 22.9 Å². The molecule has 0 aromatic heterocycles. The Morgan fingerprint density at radius 2 is 1.77 bits per heavy atom. The number of phenolic OH excluding ortho intramolecular Hbond substituents is 1. The van der Waals surface area contributed by atoms with Crippen molar-refractivity contribution >= 4 is 5.91 Å². The topological polar surface area (TPSA) is 52.6 Å². The summed E-state index contributed by atoms with van der Waals surface area (Å²) < 4.78 is 26.9. The Kier molecular flexibility index (Phi) is 5.83. The molecule has 0 saturated carbocycles. The van der Waals surface area contributed by atoms with E-state index in [-0.39, 0.29) is 6.54 Å². The Hall–Kier alpha value is -2.47. The predicted octanol–water partition coefficient (Wildman–Crippen LogP) is 3.59. The van der Waals surface area contributed by atoms with Crippen LogP contribution in [-0.2, 0) is 13.1 Å². The number of nitrogens with one attached hydrogen (secondary N) is 1. The van der Waals surface area contributed by atoms with E-state index in [1.165, 1.54) is 19.3 Å². The second-order valence-electron chi connectivity index (χ2n) is 6.57. The van der Waals surface area contributed by atoms with Gasteiger partial charge in [-0.3, -0.25) is 9.69 Å². The first-order chi connectivity index (χ1) is 12.5. The third-order valence-electron chi connectivity index (χ3n) is 4.66. The third-order valence-corrected chi connectivity index (χ3v) is 4.66. The molecule has 2 aromatic rings. The second-order valence-corrected chi connectivity index (χ2v) is 6.57. The molecule has 0 bridgehead atoms. The molecular formula is C20H22F2N2O2. The number of hydrogen-bond donors (Lipinski definition) is 2. The van der Waals surface area contributed by atoms with Crippen molar-refractivity contribution in [2.45, 2.75) is 32.4 Å². The van der Waals surface area contributed by atoms with E-state index in [2.05, 4.69) is 10.2 Å². The standard InChI is InChI=1S/C20H22F2N2O2/c21-16-10-17(22)19(18(25)11-16)20(26)23-12-14-6-2-3-7-15(14)13-24-8-4-1-5-9-24/h2-3,6-7,10-11,25H,1,4-5,8-9,12-13H2,(H,23,26). The highest BCUT2D eigenvalue weighted by Gasteiger charge is 2.19. The summed E-state index contributed by atoms with van der Waals surface area (Å²) in [6.07, 6.45) is 3.66.